The predicted molar refractivity (Wildman–Crippen MR) is 143 cm³/mol. The van der Waals surface area contributed by atoms with E-state index in [0.717, 1.165) is 50.1 Å². The van der Waals surface area contributed by atoms with E-state index < -0.39 is 0 Å². The SMILES string of the molecule is CN(C)CC(=O)Nc1cncc(-c2ccc3[nH]nc(-c4cc5c(-c6ccncc6)ccnc5[nH]4)c3n2)c1. The number of hydrogen-bond acceptors (Lipinski definition) is 7. The number of nitrogens with zero attached hydrogens (tertiary/aromatic N) is 6. The molecule has 0 saturated carbocycles. The number of anilines is 1. The lowest BCUT2D eigenvalue weighted by molar-refractivity contribution is -0.116. The number of aromatic amines is 2. The van der Waals surface area contributed by atoms with Crippen molar-refractivity contribution in [1.82, 2.24) is 40.0 Å². The van der Waals surface area contributed by atoms with E-state index in [-0.39, 0.29) is 12.5 Å². The van der Waals surface area contributed by atoms with Crippen molar-refractivity contribution in [3.05, 3.63) is 73.4 Å². The van der Waals surface area contributed by atoms with E-state index in [2.05, 4.69) is 35.5 Å². The number of pyridine rings is 4. The molecule has 0 aliphatic carbocycles. The number of carbonyl (C=O) groups excluding carboxylic acids is 1. The van der Waals surface area contributed by atoms with E-state index in [0.29, 0.717) is 11.4 Å². The molecular formula is C27H23N9O. The molecule has 0 spiro atoms. The van der Waals surface area contributed by atoms with Crippen LogP contribution in [0.15, 0.2) is 73.4 Å². The van der Waals surface area contributed by atoms with Gasteiger partial charge in [-0.15, -0.1) is 0 Å². The van der Waals surface area contributed by atoms with Crippen LogP contribution < -0.4 is 5.32 Å². The van der Waals surface area contributed by atoms with Crippen molar-refractivity contribution in [2.45, 2.75) is 0 Å². The Morgan fingerprint density at radius 1 is 0.973 bits per heavy atom. The summed E-state index contributed by atoms with van der Waals surface area (Å²) in [7, 11) is 3.69. The number of carbonyl (C=O) groups is 1. The van der Waals surface area contributed by atoms with Crippen molar-refractivity contribution in [1.29, 1.82) is 0 Å². The standard InChI is InChI=1S/C27H23N9O/c1-36(2)15-24(37)31-18-11-17(13-29-14-18)21-3-4-22-25(32-21)26(35-34-22)23-12-20-19(7-10-30-27(20)33-23)16-5-8-28-9-6-16/h3-14H,15H2,1-2H3,(H,30,33)(H,31,37)(H,34,35). The number of hydrogen-bond donors (Lipinski definition) is 3. The fourth-order valence-corrected chi connectivity index (χ4v) is 4.32. The zero-order valence-corrected chi connectivity index (χ0v) is 20.2. The van der Waals surface area contributed by atoms with Gasteiger partial charge in [0, 0.05) is 35.7 Å². The van der Waals surface area contributed by atoms with Crippen LogP contribution in [0.1, 0.15) is 0 Å². The first-order valence-electron chi connectivity index (χ1n) is 11.7. The van der Waals surface area contributed by atoms with Gasteiger partial charge in [0.2, 0.25) is 5.91 Å². The van der Waals surface area contributed by atoms with Gasteiger partial charge < -0.3 is 15.2 Å². The summed E-state index contributed by atoms with van der Waals surface area (Å²) in [6, 6.07) is 13.7. The highest BCUT2D eigenvalue weighted by atomic mass is 16.2. The first-order valence-corrected chi connectivity index (χ1v) is 11.7. The van der Waals surface area contributed by atoms with Gasteiger partial charge in [-0.2, -0.15) is 5.10 Å². The lowest BCUT2D eigenvalue weighted by Gasteiger charge is -2.10. The zero-order valence-electron chi connectivity index (χ0n) is 20.2. The van der Waals surface area contributed by atoms with Crippen molar-refractivity contribution in [2.24, 2.45) is 0 Å². The Labute approximate surface area is 211 Å². The average Bonchev–Trinajstić information content (AvgIpc) is 3.52. The van der Waals surface area contributed by atoms with Gasteiger partial charge in [0.25, 0.3) is 0 Å². The van der Waals surface area contributed by atoms with Crippen LogP contribution in [-0.2, 0) is 4.79 Å². The van der Waals surface area contributed by atoms with Crippen LogP contribution >= 0.6 is 0 Å². The van der Waals surface area contributed by atoms with Crippen LogP contribution in [0, 0.1) is 0 Å². The molecule has 10 heteroatoms. The van der Waals surface area contributed by atoms with Crippen LogP contribution in [0.2, 0.25) is 0 Å². The first-order chi connectivity index (χ1) is 18.0. The Hall–Kier alpha value is -4.96. The van der Waals surface area contributed by atoms with Gasteiger partial charge >= 0.3 is 0 Å². The number of fused-ring (bicyclic) bond motifs is 2. The number of H-pyrrole nitrogens is 2. The van der Waals surface area contributed by atoms with E-state index >= 15 is 0 Å². The zero-order chi connectivity index (χ0) is 25.4. The molecule has 10 nitrogen and oxygen atoms in total. The Balaban J connectivity index is 1.38. The minimum absolute atomic E-state index is 0.108. The fraction of sp³-hybridized carbons (Fsp3) is 0.111. The maximum absolute atomic E-state index is 12.2. The van der Waals surface area contributed by atoms with Crippen molar-refractivity contribution >= 4 is 33.7 Å². The van der Waals surface area contributed by atoms with E-state index in [4.69, 9.17) is 4.98 Å². The molecule has 6 rings (SSSR count). The Kier molecular flexibility index (Phi) is 5.62. The number of amides is 1. The minimum Gasteiger partial charge on any atom is -0.338 e. The van der Waals surface area contributed by atoms with Crippen LogP contribution in [0.4, 0.5) is 5.69 Å². The second-order valence-corrected chi connectivity index (χ2v) is 8.95. The van der Waals surface area contributed by atoms with Crippen molar-refractivity contribution in [3.63, 3.8) is 0 Å². The summed E-state index contributed by atoms with van der Waals surface area (Å²) < 4.78 is 0. The molecule has 0 bridgehead atoms. The molecule has 3 N–H and O–H groups in total. The van der Waals surface area contributed by atoms with Gasteiger partial charge in [-0.3, -0.25) is 19.9 Å². The molecule has 6 aromatic rings. The Morgan fingerprint density at radius 3 is 2.68 bits per heavy atom. The molecule has 6 aromatic heterocycles. The van der Waals surface area contributed by atoms with Gasteiger partial charge in [-0.25, -0.2) is 9.97 Å². The van der Waals surface area contributed by atoms with Crippen LogP contribution in [0.25, 0.3) is 55.8 Å². The van der Waals surface area contributed by atoms with Gasteiger partial charge in [-0.1, -0.05) is 0 Å². The largest absolute Gasteiger partial charge is 0.338 e. The molecule has 37 heavy (non-hydrogen) atoms. The van der Waals surface area contributed by atoms with E-state index in [9.17, 15) is 4.79 Å². The number of nitrogens with one attached hydrogen (secondary N) is 3. The molecular weight excluding hydrogens is 466 g/mol. The van der Waals surface area contributed by atoms with E-state index in [1.165, 1.54) is 0 Å². The molecule has 0 atom stereocenters. The molecule has 1 amide bonds. The van der Waals surface area contributed by atoms with Gasteiger partial charge in [0.05, 0.1) is 35.3 Å². The second-order valence-electron chi connectivity index (χ2n) is 8.95. The third kappa shape index (κ3) is 4.41. The first kappa shape index (κ1) is 22.5. The molecule has 182 valence electrons. The topological polar surface area (TPSA) is 128 Å². The van der Waals surface area contributed by atoms with Crippen molar-refractivity contribution in [3.8, 4) is 33.8 Å². The lowest BCUT2D eigenvalue weighted by Crippen LogP contribution is -2.27. The van der Waals surface area contributed by atoms with Crippen LogP contribution in [0.3, 0.4) is 0 Å². The number of rotatable bonds is 6. The summed E-state index contributed by atoms with van der Waals surface area (Å²) >= 11 is 0. The maximum atomic E-state index is 12.2. The van der Waals surface area contributed by atoms with Gasteiger partial charge in [0.1, 0.15) is 16.9 Å². The summed E-state index contributed by atoms with van der Waals surface area (Å²) in [5.41, 5.74) is 8.04. The summed E-state index contributed by atoms with van der Waals surface area (Å²) in [6.45, 7) is 0.287. The maximum Gasteiger partial charge on any atom is 0.238 e. The van der Waals surface area contributed by atoms with Crippen LogP contribution in [0.5, 0.6) is 0 Å². The molecule has 0 radical (unpaired) electrons. The molecule has 0 fully saturated rings. The third-order valence-corrected chi connectivity index (χ3v) is 5.96. The quantitative estimate of drug-likeness (QED) is 0.321. The number of likely N-dealkylation sites (N-methyl/N-ethyl adjacent to an activating group) is 1. The van der Waals surface area contributed by atoms with Gasteiger partial charge in [0.15, 0.2) is 0 Å². The molecule has 0 aliphatic heterocycles. The molecule has 0 aliphatic rings. The summed E-state index contributed by atoms with van der Waals surface area (Å²) in [5, 5.41) is 11.5. The Morgan fingerprint density at radius 2 is 1.84 bits per heavy atom. The minimum atomic E-state index is -0.108. The van der Waals surface area contributed by atoms with Crippen molar-refractivity contribution < 1.29 is 4.79 Å². The Bertz CT molecular complexity index is 1740. The van der Waals surface area contributed by atoms with E-state index in [1.807, 2.05) is 61.5 Å². The van der Waals surface area contributed by atoms with Crippen molar-refractivity contribution in [2.75, 3.05) is 26.0 Å². The molecule has 0 saturated heterocycles. The number of aromatic nitrogens is 7. The molecule has 6 heterocycles. The third-order valence-electron chi connectivity index (χ3n) is 5.96. The summed E-state index contributed by atoms with van der Waals surface area (Å²) in [5.74, 6) is -0.108. The predicted octanol–water partition coefficient (Wildman–Crippen LogP) is 4.13. The molecule has 0 aromatic carbocycles. The molecule has 0 unspecified atom stereocenters. The van der Waals surface area contributed by atoms with E-state index in [1.54, 1.807) is 31.0 Å². The smallest absolute Gasteiger partial charge is 0.238 e. The highest BCUT2D eigenvalue weighted by Gasteiger charge is 2.16. The normalized spacial score (nSPS) is 11.4. The highest BCUT2D eigenvalue weighted by Crippen LogP contribution is 2.33. The van der Waals surface area contributed by atoms with Crippen LogP contribution in [-0.4, -0.2) is 66.6 Å². The van der Waals surface area contributed by atoms with Gasteiger partial charge in [-0.05, 0) is 67.7 Å². The summed E-state index contributed by atoms with van der Waals surface area (Å²) in [4.78, 5) is 35.2. The second kappa shape index (κ2) is 9.25. The monoisotopic (exact) mass is 489 g/mol. The highest BCUT2D eigenvalue weighted by molar-refractivity contribution is 5.99. The fourth-order valence-electron chi connectivity index (χ4n) is 4.32. The summed E-state index contributed by atoms with van der Waals surface area (Å²) in [6.07, 6.45) is 8.69. The average molecular weight is 490 g/mol. The lowest BCUT2D eigenvalue weighted by atomic mass is 10.1.